The molecule has 1 saturated heterocycles. The van der Waals surface area contributed by atoms with Gasteiger partial charge in [0.2, 0.25) is 0 Å². The molecule has 0 spiro atoms. The van der Waals surface area contributed by atoms with Gasteiger partial charge < -0.3 is 15.5 Å². The van der Waals surface area contributed by atoms with E-state index < -0.39 is 12.6 Å². The van der Waals surface area contributed by atoms with E-state index in [0.29, 0.717) is 12.5 Å². The third-order valence-corrected chi connectivity index (χ3v) is 4.06. The number of halogens is 3. The Morgan fingerprint density at radius 1 is 1.32 bits per heavy atom. The fraction of sp³-hybridized carbons (Fsp3) is 0.647. The molecule has 0 unspecified atom stereocenters. The number of aliphatic imine (C=N–C) groups is 1. The second kappa shape index (κ2) is 8.92. The van der Waals surface area contributed by atoms with Crippen LogP contribution in [-0.4, -0.2) is 49.3 Å². The van der Waals surface area contributed by atoms with Crippen LogP contribution in [0, 0.1) is 6.92 Å². The molecule has 140 valence electrons. The summed E-state index contributed by atoms with van der Waals surface area (Å²) >= 11 is 0. The molecule has 0 saturated carbocycles. The van der Waals surface area contributed by atoms with Crippen LogP contribution in [0.3, 0.4) is 0 Å². The lowest BCUT2D eigenvalue weighted by Crippen LogP contribution is -2.49. The van der Waals surface area contributed by atoms with Crippen LogP contribution in [0.1, 0.15) is 31.7 Å². The number of alkyl halides is 3. The summed E-state index contributed by atoms with van der Waals surface area (Å²) in [6.07, 6.45) is -1.44. The second-order valence-electron chi connectivity index (χ2n) is 6.23. The molecule has 8 heteroatoms. The molecule has 1 aliphatic rings. The maximum atomic E-state index is 12.3. The van der Waals surface area contributed by atoms with Crippen LogP contribution >= 0.6 is 0 Å². The van der Waals surface area contributed by atoms with E-state index in [0.717, 1.165) is 37.3 Å². The first-order valence-electron chi connectivity index (χ1n) is 8.66. The topological polar surface area (TPSA) is 52.6 Å². The molecule has 2 rings (SSSR count). The molecule has 2 heterocycles. The minimum Gasteiger partial charge on any atom is -0.357 e. The van der Waals surface area contributed by atoms with Gasteiger partial charge in [-0.2, -0.15) is 13.2 Å². The van der Waals surface area contributed by atoms with Crippen molar-refractivity contribution in [2.75, 3.05) is 31.1 Å². The second-order valence-corrected chi connectivity index (χ2v) is 6.23. The number of hydrogen-bond acceptors (Lipinski definition) is 3. The fourth-order valence-electron chi connectivity index (χ4n) is 2.71. The van der Waals surface area contributed by atoms with Gasteiger partial charge in [0.1, 0.15) is 5.82 Å². The highest BCUT2D eigenvalue weighted by Crippen LogP contribution is 2.19. The Bertz CT molecular complexity index is 548. The molecule has 0 aromatic carbocycles. The molecule has 0 radical (unpaired) electrons. The van der Waals surface area contributed by atoms with Gasteiger partial charge in [-0.15, -0.1) is 0 Å². The predicted molar refractivity (Wildman–Crippen MR) is 94.0 cm³/mol. The molecule has 5 nitrogen and oxygen atoms in total. The maximum absolute atomic E-state index is 12.3. The summed E-state index contributed by atoms with van der Waals surface area (Å²) in [6.45, 7) is 5.97. The normalized spacial score (nSPS) is 16.8. The van der Waals surface area contributed by atoms with Gasteiger partial charge in [-0.25, -0.2) is 4.98 Å². The summed E-state index contributed by atoms with van der Waals surface area (Å²) in [5.41, 5.74) is 1.13. The van der Waals surface area contributed by atoms with Crippen molar-refractivity contribution in [1.29, 1.82) is 0 Å². The zero-order valence-electron chi connectivity index (χ0n) is 14.7. The number of aromatic nitrogens is 1. The third kappa shape index (κ3) is 6.80. The number of guanidine groups is 1. The number of piperidine rings is 1. The lowest BCUT2D eigenvalue weighted by Gasteiger charge is -2.33. The highest BCUT2D eigenvalue weighted by atomic mass is 19.4. The van der Waals surface area contributed by atoms with E-state index in [1.54, 1.807) is 0 Å². The van der Waals surface area contributed by atoms with Crippen molar-refractivity contribution in [3.8, 4) is 0 Å². The van der Waals surface area contributed by atoms with Crippen LogP contribution in [0.5, 0.6) is 0 Å². The lowest BCUT2D eigenvalue weighted by atomic mass is 10.1. The van der Waals surface area contributed by atoms with Crippen molar-refractivity contribution in [3.05, 3.63) is 23.9 Å². The minimum absolute atomic E-state index is 0.199. The first-order chi connectivity index (χ1) is 11.9. The molecule has 2 N–H and O–H groups in total. The highest BCUT2D eigenvalue weighted by molar-refractivity contribution is 5.80. The van der Waals surface area contributed by atoms with E-state index in [-0.39, 0.29) is 12.6 Å². The molecule has 0 atom stereocenters. The van der Waals surface area contributed by atoms with Crippen LogP contribution in [0.4, 0.5) is 19.0 Å². The quantitative estimate of drug-likeness (QED) is 0.629. The Kier molecular flexibility index (Phi) is 6.90. The van der Waals surface area contributed by atoms with Crippen LogP contribution in [0.2, 0.25) is 0 Å². The van der Waals surface area contributed by atoms with E-state index in [2.05, 4.69) is 25.5 Å². The van der Waals surface area contributed by atoms with Gasteiger partial charge in [-0.05, 0) is 38.3 Å². The van der Waals surface area contributed by atoms with Gasteiger partial charge >= 0.3 is 6.18 Å². The maximum Gasteiger partial charge on any atom is 0.390 e. The van der Waals surface area contributed by atoms with Gasteiger partial charge in [-0.1, -0.05) is 6.07 Å². The van der Waals surface area contributed by atoms with Gasteiger partial charge in [-0.3, -0.25) is 4.99 Å². The van der Waals surface area contributed by atoms with Crippen LogP contribution < -0.4 is 15.5 Å². The zero-order chi connectivity index (χ0) is 18.3. The predicted octanol–water partition coefficient (Wildman–Crippen LogP) is 2.87. The summed E-state index contributed by atoms with van der Waals surface area (Å²) in [6, 6.07) is 4.26. The first-order valence-corrected chi connectivity index (χ1v) is 8.66. The van der Waals surface area contributed by atoms with E-state index in [4.69, 9.17) is 0 Å². The molecule has 0 aliphatic carbocycles. The molecule has 1 fully saturated rings. The highest BCUT2D eigenvalue weighted by Gasteiger charge is 2.26. The Morgan fingerprint density at radius 3 is 2.60 bits per heavy atom. The van der Waals surface area contributed by atoms with E-state index in [1.807, 2.05) is 32.2 Å². The SMILES string of the molecule is CCNC(=NCCC(F)(F)F)NC1CCN(c2ccc(C)cn2)CC1. The van der Waals surface area contributed by atoms with Gasteiger partial charge in [0.25, 0.3) is 0 Å². The molecule has 0 bridgehead atoms. The molecule has 1 aromatic heterocycles. The summed E-state index contributed by atoms with van der Waals surface area (Å²) in [5.74, 6) is 1.42. The number of aryl methyl sites for hydroxylation is 1. The van der Waals surface area contributed by atoms with Crippen LogP contribution in [0.25, 0.3) is 0 Å². The summed E-state index contributed by atoms with van der Waals surface area (Å²) < 4.78 is 36.8. The van der Waals surface area contributed by atoms with Crippen molar-refractivity contribution in [3.63, 3.8) is 0 Å². The molecule has 1 aromatic rings. The number of anilines is 1. The molecular weight excluding hydrogens is 331 g/mol. The standard InChI is InChI=1S/C17H26F3N5/c1-3-21-16(22-9-8-17(18,19)20)24-14-6-10-25(11-7-14)15-5-4-13(2)12-23-15/h4-5,12,14H,3,6-11H2,1-2H3,(H2,21,22,24). The van der Waals surface area contributed by atoms with Crippen molar-refractivity contribution in [1.82, 2.24) is 15.6 Å². The fourth-order valence-corrected chi connectivity index (χ4v) is 2.71. The number of hydrogen-bond donors (Lipinski definition) is 2. The van der Waals surface area contributed by atoms with E-state index >= 15 is 0 Å². The first kappa shape index (κ1) is 19.3. The van der Waals surface area contributed by atoms with E-state index in [1.165, 1.54) is 0 Å². The van der Waals surface area contributed by atoms with Crippen LogP contribution in [-0.2, 0) is 0 Å². The van der Waals surface area contributed by atoms with Crippen LogP contribution in [0.15, 0.2) is 23.3 Å². The summed E-state index contributed by atoms with van der Waals surface area (Å²) in [7, 11) is 0. The minimum atomic E-state index is -4.17. The number of nitrogens with one attached hydrogen (secondary N) is 2. The Morgan fingerprint density at radius 2 is 2.04 bits per heavy atom. The van der Waals surface area contributed by atoms with Crippen molar-refractivity contribution in [2.24, 2.45) is 4.99 Å². The number of nitrogens with zero attached hydrogens (tertiary/aromatic N) is 3. The molecule has 25 heavy (non-hydrogen) atoms. The summed E-state index contributed by atoms with van der Waals surface area (Å²) in [4.78, 5) is 10.7. The van der Waals surface area contributed by atoms with Gasteiger partial charge in [0.15, 0.2) is 5.96 Å². The lowest BCUT2D eigenvalue weighted by molar-refractivity contribution is -0.132. The number of rotatable bonds is 5. The summed E-state index contributed by atoms with van der Waals surface area (Å²) in [5, 5.41) is 6.26. The molecular formula is C17H26F3N5. The monoisotopic (exact) mass is 357 g/mol. The average Bonchev–Trinajstić information content (AvgIpc) is 2.55. The Labute approximate surface area is 146 Å². The van der Waals surface area contributed by atoms with Crippen molar-refractivity contribution < 1.29 is 13.2 Å². The smallest absolute Gasteiger partial charge is 0.357 e. The average molecular weight is 357 g/mol. The van der Waals surface area contributed by atoms with Gasteiger partial charge in [0.05, 0.1) is 13.0 Å². The largest absolute Gasteiger partial charge is 0.390 e. The van der Waals surface area contributed by atoms with Gasteiger partial charge in [0, 0.05) is 31.9 Å². The van der Waals surface area contributed by atoms with Crippen molar-refractivity contribution >= 4 is 11.8 Å². The van der Waals surface area contributed by atoms with Crippen molar-refractivity contribution in [2.45, 2.75) is 45.3 Å². The van der Waals surface area contributed by atoms with E-state index in [9.17, 15) is 13.2 Å². The molecule has 1 aliphatic heterocycles. The number of pyridine rings is 1. The Balaban J connectivity index is 1.83. The third-order valence-electron chi connectivity index (χ3n) is 4.06. The molecule has 0 amide bonds. The Hall–Kier alpha value is -1.99. The zero-order valence-corrected chi connectivity index (χ0v) is 14.7.